The van der Waals surface area contributed by atoms with Gasteiger partial charge in [0.2, 0.25) is 11.8 Å². The lowest BCUT2D eigenvalue weighted by atomic mass is 9.97. The third kappa shape index (κ3) is 3.26. The Morgan fingerprint density at radius 2 is 2.35 bits per heavy atom. The minimum Gasteiger partial charge on any atom is -0.366 e. The number of aromatic nitrogens is 2. The predicted molar refractivity (Wildman–Crippen MR) is 84.4 cm³/mol. The Morgan fingerprint density at radius 1 is 1.52 bits per heavy atom. The number of nitrogens with two attached hydrogens (primary N) is 1. The van der Waals surface area contributed by atoms with Gasteiger partial charge in [-0.15, -0.1) is 11.3 Å². The van der Waals surface area contributed by atoms with Crippen LogP contribution in [-0.4, -0.2) is 39.9 Å². The Labute approximate surface area is 137 Å². The minimum atomic E-state index is -0.518. The first kappa shape index (κ1) is 15.7. The first-order chi connectivity index (χ1) is 11.1. The molecule has 2 amide bonds. The maximum absolute atomic E-state index is 12.6. The summed E-state index contributed by atoms with van der Waals surface area (Å²) < 4.78 is 5.16. The molecule has 1 atom stereocenters. The van der Waals surface area contributed by atoms with Crippen LogP contribution >= 0.6 is 11.3 Å². The van der Waals surface area contributed by atoms with Gasteiger partial charge in [0.1, 0.15) is 0 Å². The fourth-order valence-electron chi connectivity index (χ4n) is 2.68. The zero-order chi connectivity index (χ0) is 16.4. The molecule has 1 fully saturated rings. The van der Waals surface area contributed by atoms with E-state index in [4.69, 9.17) is 10.3 Å². The van der Waals surface area contributed by atoms with E-state index in [0.717, 1.165) is 12.8 Å². The minimum absolute atomic E-state index is 0.0774. The molecule has 0 bridgehead atoms. The number of amides is 2. The second kappa shape index (κ2) is 6.49. The van der Waals surface area contributed by atoms with E-state index in [1.54, 1.807) is 16.3 Å². The van der Waals surface area contributed by atoms with Crippen LogP contribution in [0.25, 0.3) is 0 Å². The van der Waals surface area contributed by atoms with Crippen LogP contribution in [-0.2, 0) is 6.42 Å². The van der Waals surface area contributed by atoms with Gasteiger partial charge in [0, 0.05) is 30.8 Å². The molecule has 2 aromatic heterocycles. The lowest BCUT2D eigenvalue weighted by Gasteiger charge is -2.30. The molecule has 0 aliphatic carbocycles. The topological polar surface area (TPSA) is 102 Å². The molecule has 0 saturated carbocycles. The summed E-state index contributed by atoms with van der Waals surface area (Å²) in [4.78, 5) is 30.4. The molecular weight excluding hydrogens is 316 g/mol. The number of hydrogen-bond acceptors (Lipinski definition) is 6. The van der Waals surface area contributed by atoms with Gasteiger partial charge >= 0.3 is 0 Å². The van der Waals surface area contributed by atoms with Gasteiger partial charge in [0.25, 0.3) is 5.91 Å². The average molecular weight is 334 g/mol. The third-order valence-electron chi connectivity index (χ3n) is 3.95. The summed E-state index contributed by atoms with van der Waals surface area (Å²) in [6, 6.07) is 1.56. The molecular formula is C15H18N4O3S. The molecule has 3 rings (SSSR count). The smallest absolute Gasteiger partial charge is 0.263 e. The van der Waals surface area contributed by atoms with Crippen molar-refractivity contribution >= 4 is 23.2 Å². The van der Waals surface area contributed by atoms with Crippen molar-refractivity contribution in [1.82, 2.24) is 15.0 Å². The monoisotopic (exact) mass is 334 g/mol. The predicted octanol–water partition coefficient (Wildman–Crippen LogP) is 1.81. The summed E-state index contributed by atoms with van der Waals surface area (Å²) in [7, 11) is 0. The van der Waals surface area contributed by atoms with Crippen molar-refractivity contribution in [2.45, 2.75) is 32.1 Å². The number of carbonyl (C=O) groups is 2. The number of thiophene rings is 1. The van der Waals surface area contributed by atoms with E-state index < -0.39 is 5.91 Å². The van der Waals surface area contributed by atoms with E-state index in [0.29, 0.717) is 41.7 Å². The maximum Gasteiger partial charge on any atom is 0.263 e. The molecule has 2 aromatic rings. The van der Waals surface area contributed by atoms with Gasteiger partial charge in [-0.3, -0.25) is 9.59 Å². The third-order valence-corrected chi connectivity index (χ3v) is 4.87. The number of hydrogen-bond donors (Lipinski definition) is 1. The highest BCUT2D eigenvalue weighted by Crippen LogP contribution is 2.27. The number of likely N-dealkylation sites (tertiary alicyclic amines) is 1. The summed E-state index contributed by atoms with van der Waals surface area (Å²) in [5, 5.41) is 5.64. The zero-order valence-electron chi connectivity index (χ0n) is 12.8. The van der Waals surface area contributed by atoms with Crippen molar-refractivity contribution in [3.05, 3.63) is 33.6 Å². The van der Waals surface area contributed by atoms with Crippen molar-refractivity contribution < 1.29 is 14.1 Å². The van der Waals surface area contributed by atoms with E-state index in [2.05, 4.69) is 10.1 Å². The molecule has 1 aliphatic heterocycles. The number of carbonyl (C=O) groups excluding carboxylic acids is 2. The fourth-order valence-corrected chi connectivity index (χ4v) is 3.55. The number of piperidine rings is 1. The van der Waals surface area contributed by atoms with Crippen molar-refractivity contribution in [1.29, 1.82) is 0 Å². The molecule has 7 nitrogen and oxygen atoms in total. The van der Waals surface area contributed by atoms with Gasteiger partial charge < -0.3 is 15.2 Å². The van der Waals surface area contributed by atoms with Crippen LogP contribution in [0.1, 0.15) is 57.4 Å². The molecule has 3 heterocycles. The van der Waals surface area contributed by atoms with E-state index in [9.17, 15) is 9.59 Å². The molecule has 0 aromatic carbocycles. The highest BCUT2D eigenvalue weighted by molar-refractivity contribution is 7.12. The van der Waals surface area contributed by atoms with Gasteiger partial charge in [-0.25, -0.2) is 0 Å². The van der Waals surface area contributed by atoms with Crippen molar-refractivity contribution in [3.63, 3.8) is 0 Å². The van der Waals surface area contributed by atoms with Crippen LogP contribution in [0.15, 0.2) is 16.0 Å². The van der Waals surface area contributed by atoms with Gasteiger partial charge in [0.15, 0.2) is 5.82 Å². The molecule has 8 heteroatoms. The molecule has 23 heavy (non-hydrogen) atoms. The Morgan fingerprint density at radius 3 is 3.00 bits per heavy atom. The second-order valence-electron chi connectivity index (χ2n) is 5.55. The normalized spacial score (nSPS) is 18.1. The van der Waals surface area contributed by atoms with Crippen LogP contribution in [0.3, 0.4) is 0 Å². The first-order valence-electron chi connectivity index (χ1n) is 7.58. The van der Waals surface area contributed by atoms with E-state index in [1.807, 2.05) is 6.92 Å². The molecule has 1 saturated heterocycles. The first-order valence-corrected chi connectivity index (χ1v) is 8.46. The Kier molecular flexibility index (Phi) is 4.42. The van der Waals surface area contributed by atoms with Crippen LogP contribution in [0.5, 0.6) is 0 Å². The zero-order valence-corrected chi connectivity index (χ0v) is 13.6. The number of rotatable bonds is 4. The largest absolute Gasteiger partial charge is 0.366 e. The molecule has 0 radical (unpaired) electrons. The lowest BCUT2D eigenvalue weighted by molar-refractivity contribution is 0.0708. The van der Waals surface area contributed by atoms with Crippen LogP contribution < -0.4 is 5.73 Å². The van der Waals surface area contributed by atoms with Crippen LogP contribution in [0.4, 0.5) is 0 Å². The SMILES string of the molecule is CCc1nc(C2CCCN(C(=O)c3cc(C(N)=O)cs3)C2)no1. The van der Waals surface area contributed by atoms with E-state index in [1.165, 1.54) is 11.3 Å². The number of primary amides is 1. The standard InChI is InChI=1S/C15H18N4O3S/c1-2-12-17-14(18-22-12)9-4-3-5-19(7-9)15(21)11-6-10(8-23-11)13(16)20/h6,8-9H,2-5,7H2,1H3,(H2,16,20). The van der Waals surface area contributed by atoms with Crippen LogP contribution in [0, 0.1) is 0 Å². The molecule has 0 spiro atoms. The lowest BCUT2D eigenvalue weighted by Crippen LogP contribution is -2.39. The summed E-state index contributed by atoms with van der Waals surface area (Å²) in [6.07, 6.45) is 2.53. The van der Waals surface area contributed by atoms with E-state index in [-0.39, 0.29) is 11.8 Å². The van der Waals surface area contributed by atoms with Gasteiger partial charge in [-0.2, -0.15) is 4.98 Å². The summed E-state index contributed by atoms with van der Waals surface area (Å²) in [6.45, 7) is 3.21. The van der Waals surface area contributed by atoms with Crippen molar-refractivity contribution in [3.8, 4) is 0 Å². The fraction of sp³-hybridized carbons (Fsp3) is 0.467. The molecule has 2 N–H and O–H groups in total. The Hall–Kier alpha value is -2.22. The Balaban J connectivity index is 1.72. The highest BCUT2D eigenvalue weighted by Gasteiger charge is 2.29. The quantitative estimate of drug-likeness (QED) is 0.918. The second-order valence-corrected chi connectivity index (χ2v) is 6.47. The molecule has 122 valence electrons. The number of aryl methyl sites for hydroxylation is 1. The summed E-state index contributed by atoms with van der Waals surface area (Å²) >= 11 is 1.24. The van der Waals surface area contributed by atoms with Gasteiger partial charge in [-0.1, -0.05) is 12.1 Å². The Bertz CT molecular complexity index is 724. The number of nitrogens with zero attached hydrogens (tertiary/aromatic N) is 3. The average Bonchev–Trinajstić information content (AvgIpc) is 3.23. The highest BCUT2D eigenvalue weighted by atomic mass is 32.1. The molecule has 1 aliphatic rings. The van der Waals surface area contributed by atoms with Crippen molar-refractivity contribution in [2.24, 2.45) is 5.73 Å². The summed E-state index contributed by atoms with van der Waals surface area (Å²) in [5.74, 6) is 0.783. The maximum atomic E-state index is 12.6. The van der Waals surface area contributed by atoms with Crippen LogP contribution in [0.2, 0.25) is 0 Å². The summed E-state index contributed by atoms with van der Waals surface area (Å²) in [5.41, 5.74) is 5.61. The van der Waals surface area contributed by atoms with E-state index >= 15 is 0 Å². The van der Waals surface area contributed by atoms with Crippen molar-refractivity contribution in [2.75, 3.05) is 13.1 Å². The van der Waals surface area contributed by atoms with Gasteiger partial charge in [0.05, 0.1) is 10.4 Å². The van der Waals surface area contributed by atoms with Gasteiger partial charge in [-0.05, 0) is 18.9 Å². The molecule has 1 unspecified atom stereocenters.